The van der Waals surface area contributed by atoms with Crippen molar-refractivity contribution < 1.29 is 0 Å². The van der Waals surface area contributed by atoms with Gasteiger partial charge in [0.05, 0.1) is 6.17 Å². The summed E-state index contributed by atoms with van der Waals surface area (Å²) in [6, 6.07) is 0. The Morgan fingerprint density at radius 2 is 1.33 bits per heavy atom. The van der Waals surface area contributed by atoms with Crippen molar-refractivity contribution in [3.05, 3.63) is 0 Å². The third-order valence-electron chi connectivity index (χ3n) is 5.01. The van der Waals surface area contributed by atoms with Crippen LogP contribution < -0.4 is 11.5 Å². The number of hydrogen-bond donors (Lipinski definition) is 2. The largest absolute Gasteiger partial charge is 0.316 e. The maximum Gasteiger partial charge on any atom is 0.0578 e. The first-order chi connectivity index (χ1) is 6.50. The Bertz CT molecular complexity index is 203. The highest BCUT2D eigenvalue weighted by Crippen LogP contribution is 2.53. The lowest BCUT2D eigenvalue weighted by molar-refractivity contribution is -0.0398. The molecule has 0 aliphatic carbocycles. The first-order valence-corrected chi connectivity index (χ1v) is 6.02. The highest BCUT2D eigenvalue weighted by Gasteiger charge is 2.49. The van der Waals surface area contributed by atoms with Gasteiger partial charge < -0.3 is 11.5 Å². The van der Waals surface area contributed by atoms with Gasteiger partial charge in [-0.25, -0.2) is 0 Å². The third kappa shape index (κ3) is 2.54. The van der Waals surface area contributed by atoms with Crippen molar-refractivity contribution in [3.63, 3.8) is 0 Å². The lowest BCUT2D eigenvalue weighted by Crippen LogP contribution is -2.57. The normalized spacial score (nSPS) is 14.8. The molecule has 0 atom stereocenters. The van der Waals surface area contributed by atoms with Crippen LogP contribution in [0.4, 0.5) is 0 Å². The van der Waals surface area contributed by atoms with Gasteiger partial charge in [-0.3, -0.25) is 0 Å². The average Bonchev–Trinajstić information content (AvgIpc) is 2.02. The second kappa shape index (κ2) is 4.42. The molecular formula is C13H30N2. The Morgan fingerprint density at radius 1 is 0.933 bits per heavy atom. The second-order valence-electron chi connectivity index (χ2n) is 6.51. The van der Waals surface area contributed by atoms with Gasteiger partial charge in [0.15, 0.2) is 0 Å². The molecule has 0 heterocycles. The zero-order valence-electron chi connectivity index (χ0n) is 11.6. The van der Waals surface area contributed by atoms with Crippen LogP contribution in [0.15, 0.2) is 0 Å². The van der Waals surface area contributed by atoms with Crippen LogP contribution in [-0.4, -0.2) is 6.17 Å². The van der Waals surface area contributed by atoms with Crippen molar-refractivity contribution in [1.82, 2.24) is 0 Å². The molecule has 0 saturated heterocycles. The minimum atomic E-state index is -0.274. The van der Waals surface area contributed by atoms with Crippen molar-refractivity contribution in [2.75, 3.05) is 0 Å². The molecule has 0 saturated carbocycles. The molecule has 0 aliphatic rings. The third-order valence-corrected chi connectivity index (χ3v) is 5.01. The zero-order valence-corrected chi connectivity index (χ0v) is 11.6. The van der Waals surface area contributed by atoms with E-state index in [0.717, 1.165) is 0 Å². The summed E-state index contributed by atoms with van der Waals surface area (Å²) in [6.45, 7) is 15.8. The topological polar surface area (TPSA) is 52.0 Å². The molecule has 0 unspecified atom stereocenters. The Morgan fingerprint density at radius 3 is 1.60 bits per heavy atom. The van der Waals surface area contributed by atoms with Crippen molar-refractivity contribution in [2.24, 2.45) is 27.7 Å². The molecule has 0 aromatic rings. The Labute approximate surface area is 95.8 Å². The summed E-state index contributed by atoms with van der Waals surface area (Å²) in [4.78, 5) is 0. The van der Waals surface area contributed by atoms with Crippen molar-refractivity contribution in [1.29, 1.82) is 0 Å². The van der Waals surface area contributed by atoms with Gasteiger partial charge in [-0.15, -0.1) is 0 Å². The van der Waals surface area contributed by atoms with Gasteiger partial charge in [0.25, 0.3) is 0 Å². The molecule has 0 bridgehead atoms. The van der Waals surface area contributed by atoms with Crippen LogP contribution in [0.25, 0.3) is 0 Å². The van der Waals surface area contributed by atoms with E-state index in [4.69, 9.17) is 11.5 Å². The van der Waals surface area contributed by atoms with Gasteiger partial charge in [-0.2, -0.15) is 0 Å². The van der Waals surface area contributed by atoms with Crippen molar-refractivity contribution in [2.45, 2.75) is 67.5 Å². The summed E-state index contributed by atoms with van der Waals surface area (Å²) in [5.74, 6) is 0. The molecule has 0 amide bonds. The van der Waals surface area contributed by atoms with Crippen LogP contribution in [0.3, 0.4) is 0 Å². The summed E-state index contributed by atoms with van der Waals surface area (Å²) in [5.41, 5.74) is 12.2. The van der Waals surface area contributed by atoms with E-state index in [-0.39, 0.29) is 22.4 Å². The molecule has 2 nitrogen and oxygen atoms in total. The predicted octanol–water partition coefficient (Wildman–Crippen LogP) is 3.11. The molecule has 4 N–H and O–H groups in total. The van der Waals surface area contributed by atoms with Gasteiger partial charge >= 0.3 is 0 Å². The predicted molar refractivity (Wildman–Crippen MR) is 68.4 cm³/mol. The molecule has 0 aromatic heterocycles. The van der Waals surface area contributed by atoms with E-state index in [1.54, 1.807) is 0 Å². The van der Waals surface area contributed by atoms with Crippen molar-refractivity contribution >= 4 is 0 Å². The summed E-state index contributed by atoms with van der Waals surface area (Å²) >= 11 is 0. The van der Waals surface area contributed by atoms with E-state index in [0.29, 0.717) is 0 Å². The summed E-state index contributed by atoms with van der Waals surface area (Å²) in [7, 11) is 0. The molecular weight excluding hydrogens is 184 g/mol. The Hall–Kier alpha value is -0.0800. The maximum absolute atomic E-state index is 5.93. The molecule has 2 heteroatoms. The first kappa shape index (κ1) is 14.9. The minimum Gasteiger partial charge on any atom is -0.316 e. The SMILES string of the molecule is CCCC(C)(C)C(C)(C)C(C)(C)C(N)N. The maximum atomic E-state index is 5.93. The van der Waals surface area contributed by atoms with Crippen molar-refractivity contribution in [3.8, 4) is 0 Å². The molecule has 92 valence electrons. The van der Waals surface area contributed by atoms with E-state index < -0.39 is 0 Å². The molecule has 0 rings (SSSR count). The van der Waals surface area contributed by atoms with Gasteiger partial charge in [-0.05, 0) is 22.7 Å². The van der Waals surface area contributed by atoms with Gasteiger partial charge in [0, 0.05) is 0 Å². The summed E-state index contributed by atoms with van der Waals surface area (Å²) in [6.07, 6.45) is 2.13. The standard InChI is InChI=1S/C13H30N2/c1-8-9-11(2,3)13(6,7)12(4,5)10(14)15/h10H,8-9,14-15H2,1-7H3. The highest BCUT2D eigenvalue weighted by atomic mass is 14.9. The number of hydrogen-bond acceptors (Lipinski definition) is 2. The molecule has 0 aliphatic heterocycles. The van der Waals surface area contributed by atoms with Gasteiger partial charge in [0.2, 0.25) is 0 Å². The molecule has 0 spiro atoms. The summed E-state index contributed by atoms with van der Waals surface area (Å²) < 4.78 is 0. The lowest BCUT2D eigenvalue weighted by Gasteiger charge is -2.54. The van der Waals surface area contributed by atoms with E-state index in [2.05, 4.69) is 48.5 Å². The Balaban J connectivity index is 5.11. The van der Waals surface area contributed by atoms with Crippen LogP contribution in [0.1, 0.15) is 61.3 Å². The quantitative estimate of drug-likeness (QED) is 0.691. The van der Waals surface area contributed by atoms with E-state index in [1.807, 2.05) is 0 Å². The Kier molecular flexibility index (Phi) is 4.40. The minimum absolute atomic E-state index is 0.0638. The summed E-state index contributed by atoms with van der Waals surface area (Å²) in [5, 5.41) is 0. The van der Waals surface area contributed by atoms with Crippen LogP contribution in [0, 0.1) is 16.2 Å². The lowest BCUT2D eigenvalue weighted by atomic mass is 9.53. The smallest absolute Gasteiger partial charge is 0.0578 e. The molecule has 0 radical (unpaired) electrons. The number of rotatable bonds is 5. The first-order valence-electron chi connectivity index (χ1n) is 6.02. The van der Waals surface area contributed by atoms with Crippen LogP contribution in [0.5, 0.6) is 0 Å². The van der Waals surface area contributed by atoms with E-state index in [1.165, 1.54) is 12.8 Å². The fourth-order valence-corrected chi connectivity index (χ4v) is 2.23. The van der Waals surface area contributed by atoms with Gasteiger partial charge in [0.1, 0.15) is 0 Å². The second-order valence-corrected chi connectivity index (χ2v) is 6.51. The molecule has 0 fully saturated rings. The monoisotopic (exact) mass is 214 g/mol. The fraction of sp³-hybridized carbons (Fsp3) is 1.00. The average molecular weight is 214 g/mol. The fourth-order valence-electron chi connectivity index (χ4n) is 2.23. The van der Waals surface area contributed by atoms with E-state index in [9.17, 15) is 0 Å². The number of nitrogens with two attached hydrogens (primary N) is 2. The molecule has 0 aromatic carbocycles. The molecule has 15 heavy (non-hydrogen) atoms. The van der Waals surface area contributed by atoms with Crippen LogP contribution in [0.2, 0.25) is 0 Å². The zero-order chi connectivity index (χ0) is 12.5. The van der Waals surface area contributed by atoms with Crippen LogP contribution >= 0.6 is 0 Å². The van der Waals surface area contributed by atoms with E-state index >= 15 is 0 Å². The van der Waals surface area contributed by atoms with Gasteiger partial charge in [-0.1, -0.05) is 54.9 Å². The van der Waals surface area contributed by atoms with Crippen LogP contribution in [-0.2, 0) is 0 Å². The highest BCUT2D eigenvalue weighted by molar-refractivity contribution is 4.99.